The highest BCUT2D eigenvalue weighted by molar-refractivity contribution is 6.11. The lowest BCUT2D eigenvalue weighted by atomic mass is 9.94. The van der Waals surface area contributed by atoms with Gasteiger partial charge in [-0.1, -0.05) is 170 Å². The van der Waals surface area contributed by atoms with Crippen LogP contribution in [0.25, 0.3) is 99.5 Å². The molecule has 0 spiro atoms. The highest BCUT2D eigenvalue weighted by Gasteiger charge is 2.17. The summed E-state index contributed by atoms with van der Waals surface area (Å²) in [6.45, 7) is 0. The van der Waals surface area contributed by atoms with E-state index in [2.05, 4.69) is 223 Å². The third-order valence-electron chi connectivity index (χ3n) is 12.3. The Balaban J connectivity index is 0.917. The van der Waals surface area contributed by atoms with Crippen LogP contribution in [0.1, 0.15) is 0 Å². The molecule has 3 nitrogen and oxygen atoms in total. The molecule has 3 heteroatoms. The van der Waals surface area contributed by atoms with E-state index in [1.807, 2.05) is 18.2 Å². The van der Waals surface area contributed by atoms with Gasteiger partial charge in [-0.2, -0.15) is 0 Å². The van der Waals surface area contributed by atoms with Gasteiger partial charge in [0.2, 0.25) is 0 Å². The minimum absolute atomic E-state index is 0.885. The Hall–Kier alpha value is -8.40. The average Bonchev–Trinajstić information content (AvgIpc) is 3.93. The SMILES string of the molecule is c1ccc(-c2ccccc2-c2ccc(N(c3ccc(-c4ccc5oc6ccccc6c5c4)cc3)c3ccc(-c4ccc5oc6c(-c7ccccc7)cccc6c5c4)cc3)cc2)cc1. The lowest BCUT2D eigenvalue weighted by molar-refractivity contribution is 0.669. The Morgan fingerprint density at radius 3 is 1.22 bits per heavy atom. The Labute approximate surface area is 365 Å². The zero-order chi connectivity index (χ0) is 41.7. The molecular formula is C60H39NO2. The van der Waals surface area contributed by atoms with Crippen LogP contribution in [-0.4, -0.2) is 0 Å². The molecule has 12 aromatic rings. The van der Waals surface area contributed by atoms with Crippen LogP contribution in [-0.2, 0) is 0 Å². The van der Waals surface area contributed by atoms with Crippen LogP contribution in [0.15, 0.2) is 245 Å². The summed E-state index contributed by atoms with van der Waals surface area (Å²) in [6.07, 6.45) is 0. The fourth-order valence-corrected chi connectivity index (χ4v) is 9.18. The zero-order valence-electron chi connectivity index (χ0n) is 34.3. The second kappa shape index (κ2) is 15.3. The number of anilines is 3. The molecule has 10 aromatic carbocycles. The molecule has 0 aliphatic carbocycles. The van der Waals surface area contributed by atoms with Crippen LogP contribution >= 0.6 is 0 Å². The third kappa shape index (κ3) is 6.55. The van der Waals surface area contributed by atoms with E-state index < -0.39 is 0 Å². The van der Waals surface area contributed by atoms with Crippen molar-refractivity contribution in [2.45, 2.75) is 0 Å². The summed E-state index contributed by atoms with van der Waals surface area (Å²) in [6, 6.07) is 84.1. The van der Waals surface area contributed by atoms with Crippen molar-refractivity contribution in [1.82, 2.24) is 0 Å². The van der Waals surface area contributed by atoms with Crippen molar-refractivity contribution in [2.75, 3.05) is 4.90 Å². The van der Waals surface area contributed by atoms with Gasteiger partial charge in [0.25, 0.3) is 0 Å². The van der Waals surface area contributed by atoms with Crippen molar-refractivity contribution in [2.24, 2.45) is 0 Å². The standard InChI is InChI=1S/C60H39NO2/c1-3-12-42(13-4-1)50-16-7-8-17-51(50)44-26-34-49(35-27-44)61(47-30-22-40(23-31-47)45-28-36-58-55(38-45)53-18-9-10-21-57(53)62-58)48-32-24-41(25-33-48)46-29-37-59-56(39-46)54-20-11-19-52(60(54)63-59)43-14-5-2-6-15-43/h1-39H. The van der Waals surface area contributed by atoms with Crippen molar-refractivity contribution >= 4 is 60.9 Å². The first-order valence-corrected chi connectivity index (χ1v) is 21.4. The second-order valence-corrected chi connectivity index (χ2v) is 16.1. The first-order valence-electron chi connectivity index (χ1n) is 21.4. The monoisotopic (exact) mass is 805 g/mol. The van der Waals surface area contributed by atoms with Gasteiger partial charge in [-0.3, -0.25) is 0 Å². The largest absolute Gasteiger partial charge is 0.456 e. The molecule has 0 amide bonds. The molecule has 12 rings (SSSR count). The molecule has 0 radical (unpaired) electrons. The maximum atomic E-state index is 6.50. The quantitative estimate of drug-likeness (QED) is 0.153. The molecule has 63 heavy (non-hydrogen) atoms. The van der Waals surface area contributed by atoms with Gasteiger partial charge in [-0.05, 0) is 117 Å². The van der Waals surface area contributed by atoms with Crippen LogP contribution < -0.4 is 4.90 Å². The van der Waals surface area contributed by atoms with Gasteiger partial charge in [-0.25, -0.2) is 0 Å². The van der Waals surface area contributed by atoms with E-state index in [0.717, 1.165) is 94.3 Å². The van der Waals surface area contributed by atoms with E-state index in [0.29, 0.717) is 0 Å². The Morgan fingerprint density at radius 1 is 0.238 bits per heavy atom. The van der Waals surface area contributed by atoms with Crippen LogP contribution in [0.3, 0.4) is 0 Å². The fraction of sp³-hybridized carbons (Fsp3) is 0. The fourth-order valence-electron chi connectivity index (χ4n) is 9.18. The van der Waals surface area contributed by atoms with E-state index in [4.69, 9.17) is 8.83 Å². The lowest BCUT2D eigenvalue weighted by Gasteiger charge is -2.26. The number of hydrogen-bond acceptors (Lipinski definition) is 3. The molecule has 0 bridgehead atoms. The maximum Gasteiger partial charge on any atom is 0.143 e. The first kappa shape index (κ1) is 36.5. The Morgan fingerprint density at radius 2 is 0.635 bits per heavy atom. The summed E-state index contributed by atoms with van der Waals surface area (Å²) < 4.78 is 12.6. The minimum atomic E-state index is 0.885. The normalized spacial score (nSPS) is 11.5. The van der Waals surface area contributed by atoms with Gasteiger partial charge < -0.3 is 13.7 Å². The number of nitrogens with zero attached hydrogens (tertiary/aromatic N) is 1. The highest BCUT2D eigenvalue weighted by atomic mass is 16.3. The summed E-state index contributed by atoms with van der Waals surface area (Å²) >= 11 is 0. The van der Waals surface area contributed by atoms with E-state index in [1.54, 1.807) is 0 Å². The zero-order valence-corrected chi connectivity index (χ0v) is 34.3. The van der Waals surface area contributed by atoms with Gasteiger partial charge in [0.15, 0.2) is 0 Å². The Bertz CT molecular complexity index is 3580. The van der Waals surface area contributed by atoms with Crippen LogP contribution in [0.4, 0.5) is 17.1 Å². The molecule has 0 aliphatic heterocycles. The van der Waals surface area contributed by atoms with Crippen molar-refractivity contribution in [3.05, 3.63) is 237 Å². The third-order valence-corrected chi connectivity index (χ3v) is 12.3. The van der Waals surface area contributed by atoms with Crippen molar-refractivity contribution in [1.29, 1.82) is 0 Å². The first-order chi connectivity index (χ1) is 31.2. The minimum Gasteiger partial charge on any atom is -0.456 e. The van der Waals surface area contributed by atoms with Crippen LogP contribution in [0.2, 0.25) is 0 Å². The molecule has 0 unspecified atom stereocenters. The van der Waals surface area contributed by atoms with E-state index in [-0.39, 0.29) is 0 Å². The molecule has 296 valence electrons. The van der Waals surface area contributed by atoms with Gasteiger partial charge >= 0.3 is 0 Å². The summed E-state index contributed by atoms with van der Waals surface area (Å²) in [4.78, 5) is 2.34. The molecule has 2 heterocycles. The smallest absolute Gasteiger partial charge is 0.143 e. The van der Waals surface area contributed by atoms with Crippen molar-refractivity contribution in [3.8, 4) is 55.6 Å². The molecule has 0 aliphatic rings. The van der Waals surface area contributed by atoms with Crippen LogP contribution in [0, 0.1) is 0 Å². The Kier molecular flexibility index (Phi) is 8.83. The molecule has 0 saturated heterocycles. The topological polar surface area (TPSA) is 29.5 Å². The van der Waals surface area contributed by atoms with Crippen LogP contribution in [0.5, 0.6) is 0 Å². The number of benzene rings is 10. The van der Waals surface area contributed by atoms with Gasteiger partial charge in [0.05, 0.1) is 0 Å². The van der Waals surface area contributed by atoms with Crippen molar-refractivity contribution in [3.63, 3.8) is 0 Å². The average molecular weight is 806 g/mol. The van der Waals surface area contributed by atoms with Crippen molar-refractivity contribution < 1.29 is 8.83 Å². The number of rotatable bonds is 8. The van der Waals surface area contributed by atoms with E-state index in [9.17, 15) is 0 Å². The van der Waals surface area contributed by atoms with E-state index >= 15 is 0 Å². The molecular weight excluding hydrogens is 767 g/mol. The number of furan rings is 2. The summed E-state index contributed by atoms with van der Waals surface area (Å²) in [5.74, 6) is 0. The molecule has 0 atom stereocenters. The second-order valence-electron chi connectivity index (χ2n) is 16.1. The predicted molar refractivity (Wildman–Crippen MR) is 263 cm³/mol. The summed E-state index contributed by atoms with van der Waals surface area (Å²) in [7, 11) is 0. The number of fused-ring (bicyclic) bond motifs is 6. The van der Waals surface area contributed by atoms with Gasteiger partial charge in [0, 0.05) is 44.2 Å². The molecule has 0 fully saturated rings. The molecule has 0 saturated carbocycles. The predicted octanol–water partition coefficient (Wildman–Crippen LogP) is 17.3. The lowest BCUT2D eigenvalue weighted by Crippen LogP contribution is -2.09. The number of para-hydroxylation sites is 2. The molecule has 2 aromatic heterocycles. The summed E-state index contributed by atoms with van der Waals surface area (Å²) in [5.41, 5.74) is 18.4. The number of hydrogen-bond donors (Lipinski definition) is 0. The van der Waals surface area contributed by atoms with Gasteiger partial charge in [0.1, 0.15) is 22.3 Å². The summed E-state index contributed by atoms with van der Waals surface area (Å²) in [5, 5.41) is 4.48. The molecule has 0 N–H and O–H groups in total. The van der Waals surface area contributed by atoms with Gasteiger partial charge in [-0.15, -0.1) is 0 Å². The highest BCUT2D eigenvalue weighted by Crippen LogP contribution is 2.41. The van der Waals surface area contributed by atoms with E-state index in [1.165, 1.54) is 22.3 Å². The maximum absolute atomic E-state index is 6.50.